The Morgan fingerprint density at radius 1 is 1.38 bits per heavy atom. The molecule has 0 aromatic rings. The summed E-state index contributed by atoms with van der Waals surface area (Å²) in [5, 5.41) is 0. The molecule has 0 aromatic carbocycles. The van der Waals surface area contributed by atoms with Gasteiger partial charge in [-0.05, 0) is 0 Å². The van der Waals surface area contributed by atoms with Crippen molar-refractivity contribution >= 4 is 20.7 Å². The van der Waals surface area contributed by atoms with E-state index in [4.69, 9.17) is 0 Å². The van der Waals surface area contributed by atoms with Crippen molar-refractivity contribution in [2.75, 3.05) is 0 Å². The van der Waals surface area contributed by atoms with Crippen LogP contribution in [0, 0.1) is 16.7 Å². The van der Waals surface area contributed by atoms with E-state index in [2.05, 4.69) is 26.6 Å². The molecule has 0 saturated heterocycles. The molecule has 0 aliphatic heterocycles. The Morgan fingerprint density at radius 2 is 2.00 bits per heavy atom. The van der Waals surface area contributed by atoms with Crippen molar-refractivity contribution in [2.45, 2.75) is 44.3 Å². The number of hydrogen-bond donors (Lipinski definition) is 0. The van der Waals surface area contributed by atoms with Crippen LogP contribution in [0.5, 0.6) is 0 Å². The molecule has 2 aliphatic rings. The van der Waals surface area contributed by atoms with Gasteiger partial charge in [0.1, 0.15) is 0 Å². The zero-order valence-electron chi connectivity index (χ0n) is 8.89. The van der Waals surface area contributed by atoms with Gasteiger partial charge in [-0.1, -0.05) is 0 Å². The van der Waals surface area contributed by atoms with Gasteiger partial charge in [-0.15, -0.1) is 0 Å². The van der Waals surface area contributed by atoms with Gasteiger partial charge in [-0.25, -0.2) is 0 Å². The molecule has 0 unspecified atom stereocenters. The predicted molar refractivity (Wildman–Crippen MR) is 55.0 cm³/mol. The van der Waals surface area contributed by atoms with Crippen LogP contribution in [0.3, 0.4) is 0 Å². The van der Waals surface area contributed by atoms with Crippen LogP contribution < -0.4 is 0 Å². The number of Topliss-reactive ketones (excluding diaryl/α,β-unsaturated/α-hetero) is 1. The molecule has 2 aliphatic carbocycles. The minimum absolute atomic E-state index is 0.0140. The van der Waals surface area contributed by atoms with E-state index in [0.717, 1.165) is 6.42 Å². The average molecular weight is 245 g/mol. The second kappa shape index (κ2) is 2.61. The van der Waals surface area contributed by atoms with Gasteiger partial charge in [-0.3, -0.25) is 0 Å². The van der Waals surface area contributed by atoms with Gasteiger partial charge < -0.3 is 0 Å². The third kappa shape index (κ3) is 0.915. The quantitative estimate of drug-likeness (QED) is 0.649. The molecule has 2 saturated carbocycles. The Kier molecular flexibility index (Phi) is 1.95. The average Bonchev–Trinajstić information content (AvgIpc) is 2.36. The number of ketones is 1. The first-order valence-corrected chi connectivity index (χ1v) is 7.72. The summed E-state index contributed by atoms with van der Waals surface area (Å²) >= 11 is 0.511. The van der Waals surface area contributed by atoms with Crippen LogP contribution in [-0.4, -0.2) is 20.7 Å². The van der Waals surface area contributed by atoms with Crippen LogP contribution in [0.2, 0.25) is 10.6 Å². The zero-order chi connectivity index (χ0) is 9.85. The monoisotopic (exact) mass is 246 g/mol. The van der Waals surface area contributed by atoms with Crippen molar-refractivity contribution in [1.29, 1.82) is 0 Å². The van der Waals surface area contributed by atoms with Crippen LogP contribution in [0.15, 0.2) is 0 Å². The number of rotatable bonds is 1. The van der Waals surface area contributed by atoms with E-state index in [1.165, 1.54) is 6.42 Å². The van der Waals surface area contributed by atoms with Gasteiger partial charge in [0.25, 0.3) is 0 Å². The summed E-state index contributed by atoms with van der Waals surface area (Å²) in [6.07, 6.45) is 2.42. The molecule has 74 valence electrons. The molecule has 0 heterocycles. The van der Waals surface area contributed by atoms with Crippen molar-refractivity contribution in [2.24, 2.45) is 16.7 Å². The van der Waals surface area contributed by atoms with Gasteiger partial charge in [0.2, 0.25) is 0 Å². The molecule has 0 spiro atoms. The molecule has 0 aromatic heterocycles. The topological polar surface area (TPSA) is 17.1 Å². The number of hydrogen-bond acceptors (Lipinski definition) is 1. The van der Waals surface area contributed by atoms with Crippen LogP contribution in [0.25, 0.3) is 0 Å². The van der Waals surface area contributed by atoms with Crippen molar-refractivity contribution in [3.05, 3.63) is 0 Å². The van der Waals surface area contributed by atoms with Crippen molar-refractivity contribution in [1.82, 2.24) is 0 Å². The normalized spacial score (nSPS) is 47.2. The van der Waals surface area contributed by atoms with E-state index >= 15 is 0 Å². The van der Waals surface area contributed by atoms with Crippen LogP contribution >= 0.6 is 0 Å². The first kappa shape index (κ1) is 9.73. The van der Waals surface area contributed by atoms with Crippen molar-refractivity contribution in [3.63, 3.8) is 0 Å². The van der Waals surface area contributed by atoms with E-state index in [-0.39, 0.29) is 10.8 Å². The molecular weight excluding hydrogens is 227 g/mol. The molecule has 2 rings (SSSR count). The van der Waals surface area contributed by atoms with Crippen LogP contribution in [0.4, 0.5) is 0 Å². The maximum absolute atomic E-state index is 12.2. The van der Waals surface area contributed by atoms with E-state index in [0.29, 0.717) is 31.5 Å². The number of fused-ring (bicyclic) bond motifs is 2. The standard InChI is InChI=1S/C11H18OSe/c1-10(2)7-5-6-11(10,3)9(12)8(7)13-4/h7-8H,5-6H2,1-4H3/t7-,8+,11+/m1/s1. The molecule has 3 atom stereocenters. The minimum atomic E-state index is 0.0140. The third-order valence-electron chi connectivity index (χ3n) is 4.73. The molecule has 1 nitrogen and oxygen atoms in total. The fourth-order valence-corrected chi connectivity index (χ4v) is 5.96. The van der Waals surface area contributed by atoms with Crippen molar-refractivity contribution < 1.29 is 4.79 Å². The van der Waals surface area contributed by atoms with Crippen molar-refractivity contribution in [3.8, 4) is 0 Å². The molecule has 13 heavy (non-hydrogen) atoms. The van der Waals surface area contributed by atoms with Gasteiger partial charge >= 0.3 is 86.5 Å². The summed E-state index contributed by atoms with van der Waals surface area (Å²) in [6, 6.07) is 0. The molecule has 2 bridgehead atoms. The molecule has 2 heteroatoms. The predicted octanol–water partition coefficient (Wildman–Crippen LogP) is 2.55. The van der Waals surface area contributed by atoms with E-state index in [1.807, 2.05) is 0 Å². The summed E-state index contributed by atoms with van der Waals surface area (Å²) in [5.74, 6) is 3.49. The van der Waals surface area contributed by atoms with Crippen LogP contribution in [0.1, 0.15) is 33.6 Å². The molecular formula is C11H18OSe. The molecule has 0 amide bonds. The van der Waals surface area contributed by atoms with E-state index < -0.39 is 0 Å². The van der Waals surface area contributed by atoms with E-state index in [9.17, 15) is 4.79 Å². The van der Waals surface area contributed by atoms with Gasteiger partial charge in [-0.2, -0.15) is 0 Å². The van der Waals surface area contributed by atoms with Crippen LogP contribution in [-0.2, 0) is 4.79 Å². The van der Waals surface area contributed by atoms with Gasteiger partial charge in [0, 0.05) is 0 Å². The number of carbonyl (C=O) groups is 1. The Hall–Kier alpha value is 0.189. The Balaban J connectivity index is 2.44. The SMILES string of the molecule is C[Se][C@@H]1C(=O)[C@]2(C)CC[C@H]1C2(C)C. The zero-order valence-corrected chi connectivity index (χ0v) is 10.6. The van der Waals surface area contributed by atoms with E-state index in [1.54, 1.807) is 0 Å². The summed E-state index contributed by atoms with van der Waals surface area (Å²) in [4.78, 5) is 12.6. The second-order valence-corrected chi connectivity index (χ2v) is 7.27. The fraction of sp³-hybridized carbons (Fsp3) is 0.909. The summed E-state index contributed by atoms with van der Waals surface area (Å²) in [7, 11) is 0. The van der Waals surface area contributed by atoms with Gasteiger partial charge in [0.05, 0.1) is 0 Å². The summed E-state index contributed by atoms with van der Waals surface area (Å²) in [6.45, 7) is 6.80. The molecule has 2 fully saturated rings. The molecule has 0 radical (unpaired) electrons. The molecule has 0 N–H and O–H groups in total. The first-order valence-electron chi connectivity index (χ1n) is 5.02. The summed E-state index contributed by atoms with van der Waals surface area (Å²) < 4.78 is 0. The Labute approximate surface area is 86.8 Å². The second-order valence-electron chi connectivity index (χ2n) is 5.22. The summed E-state index contributed by atoms with van der Waals surface area (Å²) in [5.41, 5.74) is 0.284. The number of carbonyl (C=O) groups excluding carboxylic acids is 1. The Bertz CT molecular complexity index is 259. The maximum atomic E-state index is 12.2. The Morgan fingerprint density at radius 3 is 2.31 bits per heavy atom. The van der Waals surface area contributed by atoms with Gasteiger partial charge in [0.15, 0.2) is 0 Å². The fourth-order valence-electron chi connectivity index (χ4n) is 3.27. The third-order valence-corrected chi connectivity index (χ3v) is 6.93. The first-order chi connectivity index (χ1) is 5.95.